The van der Waals surface area contributed by atoms with Crippen LogP contribution in [0.3, 0.4) is 0 Å². The van der Waals surface area contributed by atoms with Crippen LogP contribution in [0, 0.1) is 16.7 Å². The summed E-state index contributed by atoms with van der Waals surface area (Å²) in [6.45, 7) is 3.24. The molecule has 2 atom stereocenters. The Morgan fingerprint density at radius 2 is 2.00 bits per heavy atom. The third-order valence-corrected chi connectivity index (χ3v) is 5.26. The van der Waals surface area contributed by atoms with Gasteiger partial charge in [-0.15, -0.1) is 0 Å². The molecule has 112 valence electrons. The van der Waals surface area contributed by atoms with Crippen molar-refractivity contribution in [3.63, 3.8) is 0 Å². The van der Waals surface area contributed by atoms with Gasteiger partial charge < -0.3 is 10.2 Å². The van der Waals surface area contributed by atoms with Crippen LogP contribution in [-0.4, -0.2) is 37.6 Å². The van der Waals surface area contributed by atoms with E-state index in [2.05, 4.69) is 53.7 Å². The molecular formula is C18H25N3. The molecule has 0 amide bonds. The van der Waals surface area contributed by atoms with Crippen molar-refractivity contribution in [2.75, 3.05) is 26.7 Å². The minimum atomic E-state index is 0.199. The van der Waals surface area contributed by atoms with E-state index in [4.69, 9.17) is 5.26 Å². The second-order valence-electron chi connectivity index (χ2n) is 6.88. The van der Waals surface area contributed by atoms with Crippen LogP contribution in [0.1, 0.15) is 37.2 Å². The zero-order valence-corrected chi connectivity index (χ0v) is 12.9. The lowest BCUT2D eigenvalue weighted by atomic mass is 9.76. The maximum absolute atomic E-state index is 9.17. The van der Waals surface area contributed by atoms with E-state index in [1.54, 1.807) is 0 Å². The lowest BCUT2D eigenvalue weighted by Gasteiger charge is -2.39. The monoisotopic (exact) mass is 283 g/mol. The van der Waals surface area contributed by atoms with Gasteiger partial charge in [0.25, 0.3) is 0 Å². The Kier molecular flexibility index (Phi) is 4.28. The second kappa shape index (κ2) is 6.17. The van der Waals surface area contributed by atoms with Gasteiger partial charge in [0.15, 0.2) is 0 Å². The van der Waals surface area contributed by atoms with E-state index in [-0.39, 0.29) is 5.41 Å². The van der Waals surface area contributed by atoms with Crippen molar-refractivity contribution in [1.82, 2.24) is 10.2 Å². The Labute approximate surface area is 128 Å². The predicted octanol–water partition coefficient (Wildman–Crippen LogP) is 2.76. The highest BCUT2D eigenvalue weighted by molar-refractivity contribution is 5.27. The largest absolute Gasteiger partial charge is 0.313 e. The third-order valence-electron chi connectivity index (χ3n) is 5.26. The van der Waals surface area contributed by atoms with Gasteiger partial charge in [-0.05, 0) is 50.4 Å². The second-order valence-corrected chi connectivity index (χ2v) is 6.88. The van der Waals surface area contributed by atoms with E-state index >= 15 is 0 Å². The molecule has 1 saturated heterocycles. The van der Waals surface area contributed by atoms with E-state index in [9.17, 15) is 0 Å². The average Bonchev–Trinajstić information content (AvgIpc) is 3.29. The Hall–Kier alpha value is -1.37. The maximum atomic E-state index is 9.17. The molecule has 1 aliphatic heterocycles. The van der Waals surface area contributed by atoms with E-state index < -0.39 is 0 Å². The standard InChI is InChI=1S/C18H25N3/c1-21-11-8-18(7-10-19,9-12-21)14-20-17-13-16(17)15-5-3-2-4-6-15/h2-6,16-17,20H,7-9,11-14H2,1H3. The summed E-state index contributed by atoms with van der Waals surface area (Å²) in [5, 5.41) is 12.9. The third kappa shape index (κ3) is 3.45. The number of likely N-dealkylation sites (tertiary alicyclic amines) is 1. The quantitative estimate of drug-likeness (QED) is 0.903. The first-order valence-corrected chi connectivity index (χ1v) is 8.06. The maximum Gasteiger partial charge on any atom is 0.0628 e. The highest BCUT2D eigenvalue weighted by Gasteiger charge is 2.41. The molecule has 0 radical (unpaired) electrons. The first-order chi connectivity index (χ1) is 10.2. The number of rotatable bonds is 5. The van der Waals surface area contributed by atoms with Crippen LogP contribution in [0.4, 0.5) is 0 Å². The zero-order chi connectivity index (χ0) is 14.7. The number of hydrogen-bond acceptors (Lipinski definition) is 3. The van der Waals surface area contributed by atoms with Gasteiger partial charge in [-0.2, -0.15) is 5.26 Å². The van der Waals surface area contributed by atoms with Gasteiger partial charge in [-0.1, -0.05) is 30.3 Å². The van der Waals surface area contributed by atoms with E-state index in [1.807, 2.05) is 0 Å². The first kappa shape index (κ1) is 14.6. The highest BCUT2D eigenvalue weighted by atomic mass is 15.1. The molecule has 3 nitrogen and oxygen atoms in total. The van der Waals surface area contributed by atoms with E-state index in [1.165, 1.54) is 12.0 Å². The summed E-state index contributed by atoms with van der Waals surface area (Å²) in [5.41, 5.74) is 1.65. The summed E-state index contributed by atoms with van der Waals surface area (Å²) in [5.74, 6) is 0.677. The molecule has 1 saturated carbocycles. The van der Waals surface area contributed by atoms with Crippen molar-refractivity contribution in [1.29, 1.82) is 5.26 Å². The van der Waals surface area contributed by atoms with E-state index in [0.717, 1.165) is 32.5 Å². The van der Waals surface area contributed by atoms with Crippen molar-refractivity contribution in [3.05, 3.63) is 35.9 Å². The predicted molar refractivity (Wildman–Crippen MR) is 85.0 cm³/mol. The summed E-state index contributed by atoms with van der Waals surface area (Å²) in [6.07, 6.45) is 4.22. The van der Waals surface area contributed by atoms with Gasteiger partial charge in [0.2, 0.25) is 0 Å². The van der Waals surface area contributed by atoms with Crippen LogP contribution in [0.5, 0.6) is 0 Å². The van der Waals surface area contributed by atoms with Crippen LogP contribution in [-0.2, 0) is 0 Å². The fourth-order valence-electron chi connectivity index (χ4n) is 3.51. The van der Waals surface area contributed by atoms with Crippen molar-refractivity contribution >= 4 is 0 Å². The Balaban J connectivity index is 1.53. The first-order valence-electron chi connectivity index (χ1n) is 8.06. The molecule has 2 aliphatic rings. The van der Waals surface area contributed by atoms with Crippen LogP contribution in [0.2, 0.25) is 0 Å². The summed E-state index contributed by atoms with van der Waals surface area (Å²) < 4.78 is 0. The molecule has 21 heavy (non-hydrogen) atoms. The number of piperidine rings is 1. The normalized spacial score (nSPS) is 28.0. The van der Waals surface area contributed by atoms with Crippen molar-refractivity contribution < 1.29 is 0 Å². The van der Waals surface area contributed by atoms with E-state index in [0.29, 0.717) is 18.4 Å². The number of benzene rings is 1. The molecule has 1 aromatic carbocycles. The Morgan fingerprint density at radius 1 is 1.29 bits per heavy atom. The SMILES string of the molecule is CN1CCC(CC#N)(CNC2CC2c2ccccc2)CC1. The molecule has 0 spiro atoms. The fraction of sp³-hybridized carbons (Fsp3) is 0.611. The molecular weight excluding hydrogens is 258 g/mol. The van der Waals surface area contributed by atoms with Crippen molar-refractivity contribution in [3.8, 4) is 6.07 Å². The fourth-order valence-corrected chi connectivity index (χ4v) is 3.51. The van der Waals surface area contributed by atoms with Crippen molar-refractivity contribution in [2.24, 2.45) is 5.41 Å². The number of hydrogen-bond donors (Lipinski definition) is 1. The van der Waals surface area contributed by atoms with Crippen LogP contribution in [0.25, 0.3) is 0 Å². The molecule has 3 heteroatoms. The van der Waals surface area contributed by atoms with Crippen LogP contribution in [0.15, 0.2) is 30.3 Å². The minimum absolute atomic E-state index is 0.199. The number of nitrogens with zero attached hydrogens (tertiary/aromatic N) is 2. The number of nitriles is 1. The molecule has 2 fully saturated rings. The van der Waals surface area contributed by atoms with Gasteiger partial charge in [0, 0.05) is 24.9 Å². The summed E-state index contributed by atoms with van der Waals surface area (Å²) in [6, 6.07) is 13.8. The lowest BCUT2D eigenvalue weighted by Crippen LogP contribution is -2.44. The zero-order valence-electron chi connectivity index (χ0n) is 12.9. The molecule has 1 aliphatic carbocycles. The molecule has 3 rings (SSSR count). The summed E-state index contributed by atoms with van der Waals surface area (Å²) in [7, 11) is 2.18. The summed E-state index contributed by atoms with van der Waals surface area (Å²) >= 11 is 0. The number of nitrogens with one attached hydrogen (secondary N) is 1. The highest BCUT2D eigenvalue weighted by Crippen LogP contribution is 2.42. The average molecular weight is 283 g/mol. The molecule has 1 aromatic rings. The van der Waals surface area contributed by atoms with Gasteiger partial charge in [0.05, 0.1) is 6.07 Å². The van der Waals surface area contributed by atoms with Gasteiger partial charge in [0.1, 0.15) is 0 Å². The molecule has 2 unspecified atom stereocenters. The molecule has 1 N–H and O–H groups in total. The lowest BCUT2D eigenvalue weighted by molar-refractivity contribution is 0.123. The summed E-state index contributed by atoms with van der Waals surface area (Å²) in [4.78, 5) is 2.37. The Bertz CT molecular complexity index is 497. The van der Waals surface area contributed by atoms with Crippen LogP contribution >= 0.6 is 0 Å². The molecule has 1 heterocycles. The van der Waals surface area contributed by atoms with Gasteiger partial charge in [-0.3, -0.25) is 0 Å². The molecule has 0 aromatic heterocycles. The molecule has 0 bridgehead atoms. The topological polar surface area (TPSA) is 39.1 Å². The van der Waals surface area contributed by atoms with Crippen LogP contribution < -0.4 is 5.32 Å². The Morgan fingerprint density at radius 3 is 2.67 bits per heavy atom. The van der Waals surface area contributed by atoms with Gasteiger partial charge in [-0.25, -0.2) is 0 Å². The smallest absolute Gasteiger partial charge is 0.0628 e. The van der Waals surface area contributed by atoms with Crippen molar-refractivity contribution in [2.45, 2.75) is 37.6 Å². The minimum Gasteiger partial charge on any atom is -0.313 e. The van der Waals surface area contributed by atoms with Gasteiger partial charge >= 0.3 is 0 Å².